The number of benzene rings is 1. The molecule has 0 aromatic heterocycles. The molecular weight excluding hydrogens is 234 g/mol. The minimum absolute atomic E-state index is 0.271. The average Bonchev–Trinajstić information content (AvgIpc) is 2.35. The van der Waals surface area contributed by atoms with Gasteiger partial charge < -0.3 is 10.1 Å². The van der Waals surface area contributed by atoms with Crippen LogP contribution in [0.5, 0.6) is 0 Å². The Kier molecular flexibility index (Phi) is 6.53. The van der Waals surface area contributed by atoms with E-state index in [0.717, 1.165) is 26.1 Å². The monoisotopic (exact) mass is 263 g/mol. The van der Waals surface area contributed by atoms with Gasteiger partial charge in [-0.2, -0.15) is 0 Å². The van der Waals surface area contributed by atoms with Crippen molar-refractivity contribution in [2.24, 2.45) is 5.41 Å². The first kappa shape index (κ1) is 16.2. The van der Waals surface area contributed by atoms with Crippen LogP contribution in [0.4, 0.5) is 0 Å². The molecule has 0 bridgehead atoms. The quantitative estimate of drug-likeness (QED) is 0.723. The second-order valence-electron chi connectivity index (χ2n) is 6.41. The summed E-state index contributed by atoms with van der Waals surface area (Å²) in [5.41, 5.74) is 3.11. The first-order valence-corrected chi connectivity index (χ1v) is 7.23. The van der Waals surface area contributed by atoms with Crippen molar-refractivity contribution in [2.45, 2.75) is 40.0 Å². The number of rotatable bonds is 8. The van der Waals surface area contributed by atoms with Crippen molar-refractivity contribution in [3.05, 3.63) is 35.4 Å². The molecule has 0 saturated heterocycles. The van der Waals surface area contributed by atoms with Gasteiger partial charge in [-0.1, -0.05) is 52.0 Å². The van der Waals surface area contributed by atoms with Crippen molar-refractivity contribution in [2.75, 3.05) is 26.8 Å². The lowest BCUT2D eigenvalue weighted by molar-refractivity contribution is 0.194. The largest absolute Gasteiger partial charge is 0.383 e. The van der Waals surface area contributed by atoms with Crippen LogP contribution >= 0.6 is 0 Å². The molecule has 0 aliphatic rings. The Morgan fingerprint density at radius 1 is 1.16 bits per heavy atom. The highest BCUT2D eigenvalue weighted by atomic mass is 16.5. The summed E-state index contributed by atoms with van der Waals surface area (Å²) in [6.07, 6.45) is 1.10. The molecule has 0 aliphatic carbocycles. The van der Waals surface area contributed by atoms with Crippen molar-refractivity contribution in [1.82, 2.24) is 5.32 Å². The second-order valence-corrected chi connectivity index (χ2v) is 6.41. The summed E-state index contributed by atoms with van der Waals surface area (Å²) in [7, 11) is 1.74. The van der Waals surface area contributed by atoms with Crippen molar-refractivity contribution in [3.63, 3.8) is 0 Å². The summed E-state index contributed by atoms with van der Waals surface area (Å²) in [5, 5.41) is 3.45. The highest BCUT2D eigenvalue weighted by Crippen LogP contribution is 2.22. The molecule has 0 heterocycles. The van der Waals surface area contributed by atoms with Crippen LogP contribution in [0.15, 0.2) is 24.3 Å². The van der Waals surface area contributed by atoms with Gasteiger partial charge in [-0.25, -0.2) is 0 Å². The maximum absolute atomic E-state index is 5.05. The van der Waals surface area contributed by atoms with Crippen molar-refractivity contribution < 1.29 is 4.74 Å². The van der Waals surface area contributed by atoms with E-state index in [2.05, 4.69) is 57.3 Å². The fourth-order valence-electron chi connectivity index (χ4n) is 2.24. The van der Waals surface area contributed by atoms with Gasteiger partial charge in [0.15, 0.2) is 0 Å². The molecule has 1 aromatic rings. The van der Waals surface area contributed by atoms with Gasteiger partial charge >= 0.3 is 0 Å². The van der Waals surface area contributed by atoms with Crippen molar-refractivity contribution >= 4 is 0 Å². The third-order valence-corrected chi connectivity index (χ3v) is 3.42. The van der Waals surface area contributed by atoms with Gasteiger partial charge in [0.05, 0.1) is 6.61 Å². The van der Waals surface area contributed by atoms with E-state index in [1.165, 1.54) is 11.1 Å². The Morgan fingerprint density at radius 2 is 1.79 bits per heavy atom. The van der Waals surface area contributed by atoms with Gasteiger partial charge in [0.2, 0.25) is 0 Å². The lowest BCUT2D eigenvalue weighted by atomic mass is 9.85. The molecule has 0 unspecified atom stereocenters. The standard InChI is InChI=1S/C17H29NO/c1-14(2)16-8-6-15(7-9-16)12-17(3,4)13-18-10-11-19-5/h6-9,14,18H,10-13H2,1-5H3. The molecular formula is C17H29NO. The molecule has 1 N–H and O–H groups in total. The summed E-state index contributed by atoms with van der Waals surface area (Å²) < 4.78 is 5.05. The van der Waals surface area contributed by atoms with E-state index in [1.807, 2.05) is 0 Å². The molecule has 0 radical (unpaired) electrons. The first-order chi connectivity index (χ1) is 8.94. The van der Waals surface area contributed by atoms with Crippen molar-refractivity contribution in [3.8, 4) is 0 Å². The molecule has 2 heteroatoms. The van der Waals surface area contributed by atoms with Gasteiger partial charge in [0, 0.05) is 20.2 Å². The Balaban J connectivity index is 2.47. The van der Waals surface area contributed by atoms with Crippen LogP contribution in [0, 0.1) is 5.41 Å². The Labute approximate surface area is 118 Å². The summed E-state index contributed by atoms with van der Waals surface area (Å²) in [4.78, 5) is 0. The highest BCUT2D eigenvalue weighted by Gasteiger charge is 2.18. The molecule has 1 aromatic carbocycles. The molecule has 19 heavy (non-hydrogen) atoms. The van der Waals surface area contributed by atoms with Gasteiger partial charge in [0.1, 0.15) is 0 Å². The van der Waals surface area contributed by atoms with Gasteiger partial charge in [-0.15, -0.1) is 0 Å². The maximum atomic E-state index is 5.05. The Hall–Kier alpha value is -0.860. The lowest BCUT2D eigenvalue weighted by Gasteiger charge is -2.25. The molecule has 0 fully saturated rings. The van der Waals surface area contributed by atoms with Crippen LogP contribution in [-0.4, -0.2) is 26.8 Å². The second kappa shape index (κ2) is 7.66. The molecule has 1 rings (SSSR count). The van der Waals surface area contributed by atoms with E-state index in [-0.39, 0.29) is 5.41 Å². The number of ether oxygens (including phenoxy) is 1. The topological polar surface area (TPSA) is 21.3 Å². The Morgan fingerprint density at radius 3 is 2.32 bits per heavy atom. The predicted octanol–water partition coefficient (Wildman–Crippen LogP) is 3.61. The zero-order valence-electron chi connectivity index (χ0n) is 13.1. The number of hydrogen-bond donors (Lipinski definition) is 1. The molecule has 0 aliphatic heterocycles. The minimum Gasteiger partial charge on any atom is -0.383 e. The van der Waals surface area contributed by atoms with Crippen LogP contribution in [0.2, 0.25) is 0 Å². The van der Waals surface area contributed by atoms with E-state index in [9.17, 15) is 0 Å². The molecule has 0 saturated carbocycles. The third-order valence-electron chi connectivity index (χ3n) is 3.42. The average molecular weight is 263 g/mol. The van der Waals surface area contributed by atoms with E-state index in [0.29, 0.717) is 5.92 Å². The fraction of sp³-hybridized carbons (Fsp3) is 0.647. The normalized spacial score (nSPS) is 12.1. The van der Waals surface area contributed by atoms with E-state index in [4.69, 9.17) is 4.74 Å². The summed E-state index contributed by atoms with van der Waals surface area (Å²) >= 11 is 0. The SMILES string of the molecule is COCCNCC(C)(C)Cc1ccc(C(C)C)cc1. The summed E-state index contributed by atoms with van der Waals surface area (Å²) in [5.74, 6) is 0.609. The summed E-state index contributed by atoms with van der Waals surface area (Å²) in [6, 6.07) is 9.06. The van der Waals surface area contributed by atoms with E-state index < -0.39 is 0 Å². The number of nitrogens with one attached hydrogen (secondary N) is 1. The molecule has 0 amide bonds. The van der Waals surface area contributed by atoms with Crippen LogP contribution in [0.1, 0.15) is 44.7 Å². The van der Waals surface area contributed by atoms with E-state index >= 15 is 0 Å². The van der Waals surface area contributed by atoms with Crippen LogP contribution in [0.3, 0.4) is 0 Å². The smallest absolute Gasteiger partial charge is 0.0587 e. The maximum Gasteiger partial charge on any atom is 0.0587 e. The predicted molar refractivity (Wildman–Crippen MR) is 82.8 cm³/mol. The Bertz CT molecular complexity index is 354. The first-order valence-electron chi connectivity index (χ1n) is 7.23. The highest BCUT2D eigenvalue weighted by molar-refractivity contribution is 5.25. The van der Waals surface area contributed by atoms with Gasteiger partial charge in [-0.3, -0.25) is 0 Å². The molecule has 0 atom stereocenters. The lowest BCUT2D eigenvalue weighted by Crippen LogP contribution is -2.33. The zero-order valence-corrected chi connectivity index (χ0v) is 13.1. The molecule has 0 spiro atoms. The third kappa shape index (κ3) is 6.22. The number of methoxy groups -OCH3 is 1. The van der Waals surface area contributed by atoms with E-state index in [1.54, 1.807) is 7.11 Å². The van der Waals surface area contributed by atoms with Gasteiger partial charge in [-0.05, 0) is 28.9 Å². The molecule has 108 valence electrons. The zero-order chi connectivity index (χ0) is 14.3. The number of hydrogen-bond acceptors (Lipinski definition) is 2. The van der Waals surface area contributed by atoms with Crippen LogP contribution in [0.25, 0.3) is 0 Å². The molecule has 2 nitrogen and oxygen atoms in total. The van der Waals surface area contributed by atoms with Crippen LogP contribution in [-0.2, 0) is 11.2 Å². The van der Waals surface area contributed by atoms with Crippen LogP contribution < -0.4 is 5.32 Å². The summed E-state index contributed by atoms with van der Waals surface area (Å²) in [6.45, 7) is 11.8. The minimum atomic E-state index is 0.271. The van der Waals surface area contributed by atoms with Crippen molar-refractivity contribution in [1.29, 1.82) is 0 Å². The van der Waals surface area contributed by atoms with Gasteiger partial charge in [0.25, 0.3) is 0 Å². The fourth-order valence-corrected chi connectivity index (χ4v) is 2.24.